The molecule has 0 aromatic heterocycles. The van der Waals surface area contributed by atoms with Crippen molar-refractivity contribution in [3.63, 3.8) is 0 Å². The molecule has 0 saturated carbocycles. The average Bonchev–Trinajstić information content (AvgIpc) is 1.68. The van der Waals surface area contributed by atoms with Crippen molar-refractivity contribution in [3.05, 3.63) is 0 Å². The van der Waals surface area contributed by atoms with Crippen LogP contribution in [0.15, 0.2) is 0 Å². The Labute approximate surface area is 86.0 Å². The summed E-state index contributed by atoms with van der Waals surface area (Å²) in [4.78, 5) is 17.9. The zero-order valence-electron chi connectivity index (χ0n) is 5.97. The van der Waals surface area contributed by atoms with Gasteiger partial charge in [0, 0.05) is 0 Å². The quantitative estimate of drug-likeness (QED) is 0.254. The molecule has 0 saturated heterocycles. The van der Waals surface area contributed by atoms with E-state index in [1.807, 2.05) is 0 Å². The summed E-state index contributed by atoms with van der Waals surface area (Å²) < 4.78 is 19.0. The molecule has 0 spiro atoms. The molecule has 0 atom stereocenters. The zero-order chi connectivity index (χ0) is 7.86. The number of carbonyl (C=O) groups excluding carboxylic acids is 2. The van der Waals surface area contributed by atoms with Crippen LogP contribution in [-0.4, -0.2) is 19.8 Å². The van der Waals surface area contributed by atoms with E-state index >= 15 is 0 Å². The Kier molecular flexibility index (Phi) is 33.8. The molecule has 0 aromatic rings. The van der Waals surface area contributed by atoms with Gasteiger partial charge in [-0.3, -0.25) is 8.63 Å². The van der Waals surface area contributed by atoms with Crippen molar-refractivity contribution in [1.29, 1.82) is 0 Å². The van der Waals surface area contributed by atoms with Gasteiger partial charge in [0.1, 0.15) is 0 Å². The van der Waals surface area contributed by atoms with Crippen molar-refractivity contribution < 1.29 is 66.2 Å². The molecule has 0 aliphatic rings. The number of hydrogen-bond acceptors (Lipinski definition) is 4. The Balaban J connectivity index is -0.0000000437. The van der Waals surface area contributed by atoms with Crippen molar-refractivity contribution in [2.24, 2.45) is 0 Å². The maximum atomic E-state index is 9.50. The molecular weight excluding hydrogens is 151 g/mol. The normalized spacial score (nSPS) is 5.27. The topological polar surface area (TPSA) is 80.3 Å². The van der Waals surface area contributed by atoms with E-state index in [0.29, 0.717) is 0 Å². The summed E-state index contributed by atoms with van der Waals surface area (Å²) in [7, 11) is -1.00. The predicted octanol–water partition coefficient (Wildman–Crippen LogP) is -9.05. The molecule has 9 heteroatoms. The fourth-order valence-electron chi connectivity index (χ4n) is 0. The van der Waals surface area contributed by atoms with Gasteiger partial charge in [-0.15, -0.1) is 0 Å². The number of rotatable bonds is 0. The van der Waals surface area contributed by atoms with Gasteiger partial charge < -0.3 is 19.8 Å². The van der Waals surface area contributed by atoms with Crippen LogP contribution >= 0.6 is 0 Å². The average molecular weight is 151 g/mol. The van der Waals surface area contributed by atoms with Gasteiger partial charge >= 0.3 is 45.6 Å². The molecule has 1 radical (unpaired) electrons. The van der Waals surface area contributed by atoms with E-state index in [2.05, 4.69) is 0 Å². The summed E-state index contributed by atoms with van der Waals surface area (Å²) in [6.45, 7) is 0. The van der Waals surface area contributed by atoms with Crippen molar-refractivity contribution in [3.8, 4) is 0 Å². The Hall–Kier alpha value is 0.0597. The van der Waals surface area contributed by atoms with Gasteiger partial charge in [-0.25, -0.2) is 0 Å². The SMILES string of the molecule is F[B]F.O=C([O-])C(=O)[O-].[Li+].[Li+]. The minimum absolute atomic E-state index is 0. The first-order valence-corrected chi connectivity index (χ1v) is 1.50. The van der Waals surface area contributed by atoms with Crippen LogP contribution in [0.1, 0.15) is 0 Å². The third-order valence-electron chi connectivity index (χ3n) is 0.167. The third kappa shape index (κ3) is 39.6. The molecule has 0 heterocycles. The van der Waals surface area contributed by atoms with Crippen molar-refractivity contribution in [2.75, 3.05) is 0 Å². The van der Waals surface area contributed by atoms with Crippen molar-refractivity contribution in [1.82, 2.24) is 0 Å². The summed E-state index contributed by atoms with van der Waals surface area (Å²) >= 11 is 0. The zero-order valence-corrected chi connectivity index (χ0v) is 5.97. The van der Waals surface area contributed by atoms with Crippen LogP contribution in [0.3, 0.4) is 0 Å². The van der Waals surface area contributed by atoms with Gasteiger partial charge in [0.15, 0.2) is 0 Å². The van der Waals surface area contributed by atoms with Gasteiger partial charge in [-0.05, 0) is 0 Å². The fraction of sp³-hybridized carbons (Fsp3) is 0. The second kappa shape index (κ2) is 16.6. The van der Waals surface area contributed by atoms with E-state index in [0.717, 1.165) is 0 Å². The van der Waals surface area contributed by atoms with Crippen molar-refractivity contribution >= 4 is 19.8 Å². The van der Waals surface area contributed by atoms with Gasteiger partial charge in [-0.2, -0.15) is 0 Å². The molecule has 0 bridgehead atoms. The number of carbonyl (C=O) groups is 2. The van der Waals surface area contributed by atoms with Gasteiger partial charge in [0.25, 0.3) is 0 Å². The first kappa shape index (κ1) is 22.5. The van der Waals surface area contributed by atoms with Crippen LogP contribution in [0.2, 0.25) is 0 Å². The minimum Gasteiger partial charge on any atom is -0.543 e. The van der Waals surface area contributed by atoms with Gasteiger partial charge in [-0.1, -0.05) is 0 Å². The summed E-state index contributed by atoms with van der Waals surface area (Å²) in [6.07, 6.45) is 0. The second-order valence-corrected chi connectivity index (χ2v) is 0.657. The standard InChI is InChI=1S/C2H2O4.BF2.2Li/c3-1(4)2(5)6;2-1-3;;/h(H,3,4)(H,5,6);;;/q;;2*+1/p-2. The van der Waals surface area contributed by atoms with Gasteiger partial charge in [0.2, 0.25) is 0 Å². The molecule has 0 aliphatic heterocycles. The molecule has 11 heavy (non-hydrogen) atoms. The molecule has 0 amide bonds. The summed E-state index contributed by atoms with van der Waals surface area (Å²) in [6, 6.07) is 0. The Morgan fingerprint density at radius 2 is 1.09 bits per heavy atom. The number of carboxylic acids is 2. The summed E-state index contributed by atoms with van der Waals surface area (Å²) in [5.41, 5.74) is 0. The second-order valence-electron chi connectivity index (χ2n) is 0.657. The van der Waals surface area contributed by atoms with Crippen LogP contribution in [0.4, 0.5) is 8.63 Å². The van der Waals surface area contributed by atoms with E-state index in [1.165, 1.54) is 0 Å². The van der Waals surface area contributed by atoms with Gasteiger partial charge in [0.05, 0.1) is 11.9 Å². The van der Waals surface area contributed by atoms with E-state index in [4.69, 9.17) is 19.8 Å². The van der Waals surface area contributed by atoms with Crippen LogP contribution in [-0.2, 0) is 9.59 Å². The number of hydrogen-bond donors (Lipinski definition) is 0. The fourth-order valence-corrected chi connectivity index (χ4v) is 0. The van der Waals surface area contributed by atoms with Crippen LogP contribution < -0.4 is 47.9 Å². The molecular formula is C2BF2Li2O4. The smallest absolute Gasteiger partial charge is 0.543 e. The molecule has 0 aliphatic carbocycles. The number of halogens is 2. The maximum absolute atomic E-state index is 9.50. The van der Waals surface area contributed by atoms with E-state index in [-0.39, 0.29) is 37.7 Å². The Morgan fingerprint density at radius 1 is 1.00 bits per heavy atom. The monoisotopic (exact) mass is 151 g/mol. The van der Waals surface area contributed by atoms with Crippen molar-refractivity contribution in [2.45, 2.75) is 0 Å². The summed E-state index contributed by atoms with van der Waals surface area (Å²) in [5.74, 6) is -4.37. The van der Waals surface area contributed by atoms with Crippen LogP contribution in [0.5, 0.6) is 0 Å². The molecule has 0 aromatic carbocycles. The largest absolute Gasteiger partial charge is 1.00 e. The molecule has 0 unspecified atom stereocenters. The van der Waals surface area contributed by atoms with E-state index in [1.54, 1.807) is 0 Å². The Bertz CT molecular complexity index is 100. The number of carboxylic acid groups (broad SMARTS) is 2. The maximum Gasteiger partial charge on any atom is 1.00 e. The summed E-state index contributed by atoms with van der Waals surface area (Å²) in [5, 5.41) is 17.9. The molecule has 0 fully saturated rings. The van der Waals surface area contributed by atoms with Crippen LogP contribution in [0.25, 0.3) is 0 Å². The first-order chi connectivity index (χ1) is 4.06. The predicted molar refractivity (Wildman–Crippen MR) is 18.0 cm³/mol. The first-order valence-electron chi connectivity index (χ1n) is 1.50. The molecule has 4 nitrogen and oxygen atoms in total. The Morgan fingerprint density at radius 3 is 1.09 bits per heavy atom. The minimum atomic E-state index is -2.19. The molecule has 0 rings (SSSR count). The molecule has 51 valence electrons. The molecule has 0 N–H and O–H groups in total. The van der Waals surface area contributed by atoms with Crippen LogP contribution in [0, 0.1) is 0 Å². The van der Waals surface area contributed by atoms with E-state index < -0.39 is 19.8 Å². The number of aliphatic carboxylic acids is 2. The van der Waals surface area contributed by atoms with E-state index in [9.17, 15) is 8.63 Å². The third-order valence-corrected chi connectivity index (χ3v) is 0.167.